The fraction of sp³-hybridized carbons (Fsp3) is 0.524. The van der Waals surface area contributed by atoms with Gasteiger partial charge >= 0.3 is 0 Å². The number of amides is 1. The Hall–Kier alpha value is -2.14. The van der Waals surface area contributed by atoms with E-state index >= 15 is 0 Å². The summed E-state index contributed by atoms with van der Waals surface area (Å²) in [7, 11) is 1.64. The van der Waals surface area contributed by atoms with Crippen LogP contribution < -0.4 is 10.1 Å². The number of aromatic nitrogens is 1. The number of nitrogens with zero attached hydrogens (tertiary/aromatic N) is 2. The number of pyridine rings is 1. The van der Waals surface area contributed by atoms with Crippen molar-refractivity contribution in [3.8, 4) is 5.75 Å². The molecule has 1 fully saturated rings. The Balaban J connectivity index is 1.68. The molecule has 0 bridgehead atoms. The third-order valence-electron chi connectivity index (χ3n) is 5.33. The molecule has 1 aromatic carbocycles. The van der Waals surface area contributed by atoms with Crippen molar-refractivity contribution in [2.45, 2.75) is 39.7 Å². The normalized spacial score (nSPS) is 19.3. The number of likely N-dealkylation sites (tertiary alicyclic amines) is 1. The average Bonchev–Trinajstić information content (AvgIpc) is 2.64. The number of methoxy groups -OCH3 is 1. The molecule has 0 spiro atoms. The summed E-state index contributed by atoms with van der Waals surface area (Å²) in [6, 6.07) is 7.99. The molecule has 140 valence electrons. The lowest BCUT2D eigenvalue weighted by Crippen LogP contribution is -2.46. The van der Waals surface area contributed by atoms with Crippen LogP contribution in [0.15, 0.2) is 24.3 Å². The summed E-state index contributed by atoms with van der Waals surface area (Å²) in [6.45, 7) is 9.27. The van der Waals surface area contributed by atoms with E-state index in [9.17, 15) is 4.79 Å². The predicted octanol–water partition coefficient (Wildman–Crippen LogP) is 3.40. The van der Waals surface area contributed by atoms with Crippen LogP contribution in [0.25, 0.3) is 10.9 Å². The van der Waals surface area contributed by atoms with E-state index < -0.39 is 0 Å². The van der Waals surface area contributed by atoms with Gasteiger partial charge in [0.15, 0.2) is 0 Å². The first-order valence-electron chi connectivity index (χ1n) is 9.45. The number of carbonyl (C=O) groups is 1. The van der Waals surface area contributed by atoms with Gasteiger partial charge in [0.05, 0.1) is 23.9 Å². The molecule has 0 saturated carbocycles. The molecule has 1 aliphatic rings. The minimum absolute atomic E-state index is 0.0513. The molecular weight excluding hydrogens is 326 g/mol. The lowest BCUT2D eigenvalue weighted by molar-refractivity contribution is 0.0916. The fourth-order valence-corrected chi connectivity index (χ4v) is 3.69. The smallest absolute Gasteiger partial charge is 0.253 e. The highest BCUT2D eigenvalue weighted by Crippen LogP contribution is 2.22. The zero-order valence-electron chi connectivity index (χ0n) is 16.2. The second-order valence-corrected chi connectivity index (χ2v) is 7.48. The highest BCUT2D eigenvalue weighted by atomic mass is 16.5. The first-order valence-corrected chi connectivity index (χ1v) is 9.45. The van der Waals surface area contributed by atoms with E-state index in [1.165, 1.54) is 12.8 Å². The third-order valence-corrected chi connectivity index (χ3v) is 5.33. The molecule has 2 atom stereocenters. The van der Waals surface area contributed by atoms with E-state index in [0.717, 1.165) is 41.4 Å². The van der Waals surface area contributed by atoms with Gasteiger partial charge in [-0.3, -0.25) is 14.7 Å². The lowest BCUT2D eigenvalue weighted by Gasteiger charge is -2.35. The monoisotopic (exact) mass is 355 g/mol. The van der Waals surface area contributed by atoms with E-state index in [1.807, 2.05) is 31.2 Å². The average molecular weight is 355 g/mol. The number of hydrogen-bond acceptors (Lipinski definition) is 4. The highest BCUT2D eigenvalue weighted by Gasteiger charge is 2.21. The Labute approximate surface area is 155 Å². The van der Waals surface area contributed by atoms with Crippen LogP contribution in [0.5, 0.6) is 5.75 Å². The number of fused-ring (bicyclic) bond motifs is 1. The van der Waals surface area contributed by atoms with Crippen LogP contribution >= 0.6 is 0 Å². The van der Waals surface area contributed by atoms with Crippen molar-refractivity contribution < 1.29 is 9.53 Å². The molecule has 0 aliphatic carbocycles. The van der Waals surface area contributed by atoms with Crippen molar-refractivity contribution in [2.24, 2.45) is 5.92 Å². The molecule has 1 saturated heterocycles. The highest BCUT2D eigenvalue weighted by molar-refractivity contribution is 5.98. The molecule has 26 heavy (non-hydrogen) atoms. The number of hydrogen-bond donors (Lipinski definition) is 1. The van der Waals surface area contributed by atoms with Crippen LogP contribution in [0, 0.1) is 12.8 Å². The lowest BCUT2D eigenvalue weighted by atomic mass is 9.99. The Morgan fingerprint density at radius 1 is 1.42 bits per heavy atom. The van der Waals surface area contributed by atoms with Crippen molar-refractivity contribution in [1.82, 2.24) is 15.2 Å². The van der Waals surface area contributed by atoms with Crippen LogP contribution in [0.1, 0.15) is 42.7 Å². The number of benzene rings is 1. The summed E-state index contributed by atoms with van der Waals surface area (Å²) in [6.07, 6.45) is 2.55. The van der Waals surface area contributed by atoms with Gasteiger partial charge < -0.3 is 10.1 Å². The van der Waals surface area contributed by atoms with Crippen molar-refractivity contribution in [1.29, 1.82) is 0 Å². The first kappa shape index (κ1) is 18.6. The van der Waals surface area contributed by atoms with Gasteiger partial charge in [0.1, 0.15) is 5.75 Å². The molecule has 0 radical (unpaired) electrons. The topological polar surface area (TPSA) is 54.5 Å². The fourth-order valence-electron chi connectivity index (χ4n) is 3.69. The maximum atomic E-state index is 12.7. The molecule has 5 nitrogen and oxygen atoms in total. The number of aryl methyl sites for hydroxylation is 1. The van der Waals surface area contributed by atoms with Gasteiger partial charge in [-0.25, -0.2) is 0 Å². The molecule has 1 aliphatic heterocycles. The van der Waals surface area contributed by atoms with Crippen LogP contribution in [-0.2, 0) is 0 Å². The van der Waals surface area contributed by atoms with Gasteiger partial charge in [0.25, 0.3) is 5.91 Å². The third kappa shape index (κ3) is 4.15. The largest absolute Gasteiger partial charge is 0.497 e. The van der Waals surface area contributed by atoms with Crippen molar-refractivity contribution >= 4 is 16.8 Å². The standard InChI is InChI=1S/C21H29N3O2/c1-14-6-5-9-24(13-14)15(2)12-22-21(25)19-10-17-7-8-18(26-4)11-20(17)23-16(19)3/h7-8,10-11,14-15H,5-6,9,12-13H2,1-4H3,(H,22,25). The number of piperidine rings is 1. The zero-order valence-corrected chi connectivity index (χ0v) is 16.2. The molecule has 2 aromatic rings. The van der Waals surface area contributed by atoms with Crippen LogP contribution in [0.3, 0.4) is 0 Å². The number of nitrogens with one attached hydrogen (secondary N) is 1. The van der Waals surface area contributed by atoms with E-state index in [-0.39, 0.29) is 5.91 Å². The molecule has 1 N–H and O–H groups in total. The quantitative estimate of drug-likeness (QED) is 0.893. The second-order valence-electron chi connectivity index (χ2n) is 7.48. The van der Waals surface area contributed by atoms with Crippen molar-refractivity contribution in [3.05, 3.63) is 35.5 Å². The molecule has 1 amide bonds. The van der Waals surface area contributed by atoms with Crippen LogP contribution in [0.2, 0.25) is 0 Å². The van der Waals surface area contributed by atoms with Crippen LogP contribution in [-0.4, -0.2) is 48.6 Å². The van der Waals surface area contributed by atoms with E-state index in [1.54, 1.807) is 7.11 Å². The predicted molar refractivity (Wildman–Crippen MR) is 105 cm³/mol. The Kier molecular flexibility index (Phi) is 5.77. The molecule has 3 rings (SSSR count). The maximum absolute atomic E-state index is 12.7. The zero-order chi connectivity index (χ0) is 18.7. The summed E-state index contributed by atoms with van der Waals surface area (Å²) < 4.78 is 5.25. The van der Waals surface area contributed by atoms with Crippen molar-refractivity contribution in [2.75, 3.05) is 26.7 Å². The Bertz CT molecular complexity index is 790. The minimum atomic E-state index is -0.0513. The molecular formula is C21H29N3O2. The molecule has 1 aromatic heterocycles. The summed E-state index contributed by atoms with van der Waals surface area (Å²) in [4.78, 5) is 19.7. The Morgan fingerprint density at radius 2 is 2.23 bits per heavy atom. The van der Waals surface area contributed by atoms with Gasteiger partial charge in [-0.15, -0.1) is 0 Å². The summed E-state index contributed by atoms with van der Waals surface area (Å²) in [5.74, 6) is 1.46. The van der Waals surface area contributed by atoms with E-state index in [0.29, 0.717) is 18.2 Å². The number of ether oxygens (including phenoxy) is 1. The summed E-state index contributed by atoms with van der Waals surface area (Å²) in [5.41, 5.74) is 2.22. The summed E-state index contributed by atoms with van der Waals surface area (Å²) in [5, 5.41) is 4.04. The van der Waals surface area contributed by atoms with Gasteiger partial charge in [0.2, 0.25) is 0 Å². The molecule has 2 unspecified atom stereocenters. The minimum Gasteiger partial charge on any atom is -0.497 e. The summed E-state index contributed by atoms with van der Waals surface area (Å²) >= 11 is 0. The number of rotatable bonds is 5. The van der Waals surface area contributed by atoms with Gasteiger partial charge in [0, 0.05) is 30.6 Å². The van der Waals surface area contributed by atoms with E-state index in [4.69, 9.17) is 4.74 Å². The Morgan fingerprint density at radius 3 is 2.96 bits per heavy atom. The molecule has 2 heterocycles. The van der Waals surface area contributed by atoms with Gasteiger partial charge in [-0.1, -0.05) is 6.92 Å². The van der Waals surface area contributed by atoms with Gasteiger partial charge in [-0.05, 0) is 57.4 Å². The maximum Gasteiger partial charge on any atom is 0.253 e. The van der Waals surface area contributed by atoms with Gasteiger partial charge in [-0.2, -0.15) is 0 Å². The SMILES string of the molecule is COc1ccc2cc(C(=O)NCC(C)N3CCCC(C)C3)c(C)nc2c1. The second kappa shape index (κ2) is 8.04. The van der Waals surface area contributed by atoms with Crippen LogP contribution in [0.4, 0.5) is 0 Å². The van der Waals surface area contributed by atoms with Crippen molar-refractivity contribution in [3.63, 3.8) is 0 Å². The molecule has 5 heteroatoms. The number of carbonyl (C=O) groups excluding carboxylic acids is 1. The first-order chi connectivity index (χ1) is 12.5. The van der Waals surface area contributed by atoms with E-state index in [2.05, 4.69) is 29.0 Å².